The zero-order valence-corrected chi connectivity index (χ0v) is 14.7. The summed E-state index contributed by atoms with van der Waals surface area (Å²) in [4.78, 5) is 32.9. The molecule has 0 unspecified atom stereocenters. The first-order valence-electron chi connectivity index (χ1n) is 8.87. The van der Waals surface area contributed by atoms with Gasteiger partial charge in [0.05, 0.1) is 5.56 Å². The van der Waals surface area contributed by atoms with Crippen LogP contribution in [0.1, 0.15) is 22.5 Å². The molecule has 0 bridgehead atoms. The number of benzene rings is 2. The predicted molar refractivity (Wildman–Crippen MR) is 107 cm³/mol. The van der Waals surface area contributed by atoms with Gasteiger partial charge in [-0.1, -0.05) is 54.6 Å². The van der Waals surface area contributed by atoms with Crippen LogP contribution < -0.4 is 5.56 Å². The normalized spacial score (nSPS) is 10.8. The van der Waals surface area contributed by atoms with Gasteiger partial charge in [-0.05, 0) is 30.2 Å². The molecule has 4 nitrogen and oxygen atoms in total. The second-order valence-corrected chi connectivity index (χ2v) is 6.36. The summed E-state index contributed by atoms with van der Waals surface area (Å²) in [7, 11) is 0. The van der Waals surface area contributed by atoms with Crippen molar-refractivity contribution in [3.63, 3.8) is 0 Å². The molecule has 0 radical (unpaired) electrons. The third kappa shape index (κ3) is 3.42. The van der Waals surface area contributed by atoms with E-state index in [0.29, 0.717) is 12.0 Å². The number of carbonyl (C=O) groups excluding carboxylic acids is 1. The molecule has 0 atom stereocenters. The van der Waals surface area contributed by atoms with E-state index in [2.05, 4.69) is 9.97 Å². The third-order valence-electron chi connectivity index (χ3n) is 4.60. The summed E-state index contributed by atoms with van der Waals surface area (Å²) in [6.07, 6.45) is 2.44. The first-order valence-corrected chi connectivity index (χ1v) is 8.87. The molecule has 0 fully saturated rings. The highest BCUT2D eigenvalue weighted by Crippen LogP contribution is 2.30. The number of nitrogens with zero attached hydrogens (tertiary/aromatic N) is 1. The Morgan fingerprint density at radius 2 is 1.63 bits per heavy atom. The van der Waals surface area contributed by atoms with Crippen molar-refractivity contribution >= 4 is 16.7 Å². The van der Waals surface area contributed by atoms with E-state index in [1.54, 1.807) is 6.20 Å². The number of hydrogen-bond donors (Lipinski definition) is 1. The number of fused-ring (bicyclic) bond motifs is 1. The van der Waals surface area contributed by atoms with Crippen LogP contribution in [0.15, 0.2) is 83.8 Å². The van der Waals surface area contributed by atoms with Crippen molar-refractivity contribution in [2.75, 3.05) is 0 Å². The van der Waals surface area contributed by atoms with Gasteiger partial charge in [0.25, 0.3) is 5.56 Å². The summed E-state index contributed by atoms with van der Waals surface area (Å²) >= 11 is 0. The largest absolute Gasteiger partial charge is 0.321 e. The van der Waals surface area contributed by atoms with Crippen LogP contribution in [0.5, 0.6) is 0 Å². The Bertz CT molecular complexity index is 1150. The molecule has 0 aliphatic heterocycles. The Morgan fingerprint density at radius 1 is 0.889 bits per heavy atom. The minimum absolute atomic E-state index is 0.175. The number of para-hydroxylation sites is 1. The molecule has 0 aliphatic carbocycles. The van der Waals surface area contributed by atoms with Crippen molar-refractivity contribution in [1.82, 2.24) is 9.97 Å². The summed E-state index contributed by atoms with van der Waals surface area (Å²) in [6.45, 7) is 0. The van der Waals surface area contributed by atoms with Crippen LogP contribution in [0.2, 0.25) is 0 Å². The van der Waals surface area contributed by atoms with E-state index < -0.39 is 0 Å². The standard InChI is InChI=1S/C23H18N2O2/c26-20(14-13-17-10-6-7-15-24-17)22-21(16-8-2-1-3-9-16)18-11-4-5-12-19(18)25-23(22)27/h1-12,15H,13-14H2,(H,25,27). The van der Waals surface area contributed by atoms with Gasteiger partial charge in [0.1, 0.15) is 0 Å². The van der Waals surface area contributed by atoms with Crippen molar-refractivity contribution < 1.29 is 4.79 Å². The molecule has 4 aromatic rings. The minimum Gasteiger partial charge on any atom is -0.321 e. The number of carbonyl (C=O) groups is 1. The van der Waals surface area contributed by atoms with Crippen LogP contribution in [0.3, 0.4) is 0 Å². The van der Waals surface area contributed by atoms with Gasteiger partial charge >= 0.3 is 0 Å². The van der Waals surface area contributed by atoms with Crippen molar-refractivity contribution in [2.45, 2.75) is 12.8 Å². The van der Waals surface area contributed by atoms with Crippen molar-refractivity contribution in [2.24, 2.45) is 0 Å². The van der Waals surface area contributed by atoms with Crippen LogP contribution in [-0.4, -0.2) is 15.8 Å². The maximum atomic E-state index is 13.0. The molecule has 132 valence electrons. The molecule has 4 rings (SSSR count). The zero-order valence-electron chi connectivity index (χ0n) is 14.7. The van der Waals surface area contributed by atoms with Gasteiger partial charge in [0.2, 0.25) is 0 Å². The number of rotatable bonds is 5. The minimum atomic E-state index is -0.349. The smallest absolute Gasteiger partial charge is 0.259 e. The van der Waals surface area contributed by atoms with Gasteiger partial charge in [-0.2, -0.15) is 0 Å². The first-order chi connectivity index (χ1) is 13.2. The molecule has 2 heterocycles. The van der Waals surface area contributed by atoms with Crippen LogP contribution in [-0.2, 0) is 6.42 Å². The van der Waals surface area contributed by atoms with E-state index in [9.17, 15) is 9.59 Å². The van der Waals surface area contributed by atoms with E-state index >= 15 is 0 Å². The van der Waals surface area contributed by atoms with Crippen molar-refractivity contribution in [3.8, 4) is 11.1 Å². The Balaban J connectivity index is 1.83. The second kappa shape index (κ2) is 7.38. The summed E-state index contributed by atoms with van der Waals surface area (Å²) in [5.41, 5.74) is 2.99. The SMILES string of the molecule is O=C(CCc1ccccn1)c1c(-c2ccccc2)c2ccccc2[nH]c1=O. The Morgan fingerprint density at radius 3 is 2.41 bits per heavy atom. The van der Waals surface area contributed by atoms with E-state index in [1.807, 2.05) is 72.8 Å². The fourth-order valence-corrected chi connectivity index (χ4v) is 3.33. The number of pyridine rings is 2. The van der Waals surface area contributed by atoms with Crippen molar-refractivity contribution in [1.29, 1.82) is 0 Å². The molecule has 0 amide bonds. The monoisotopic (exact) mass is 354 g/mol. The van der Waals surface area contributed by atoms with Gasteiger partial charge in [-0.25, -0.2) is 0 Å². The summed E-state index contributed by atoms with van der Waals surface area (Å²) in [6, 6.07) is 22.8. The quantitative estimate of drug-likeness (QED) is 0.540. The first kappa shape index (κ1) is 16.9. The predicted octanol–water partition coefficient (Wildman–Crippen LogP) is 4.41. The highest BCUT2D eigenvalue weighted by atomic mass is 16.1. The summed E-state index contributed by atoms with van der Waals surface area (Å²) in [5.74, 6) is -0.175. The van der Waals surface area contributed by atoms with E-state index in [1.165, 1.54) is 0 Å². The van der Waals surface area contributed by atoms with Crippen LogP contribution in [0, 0.1) is 0 Å². The molecule has 0 aliphatic rings. The molecule has 4 heteroatoms. The molecule has 1 N–H and O–H groups in total. The highest BCUT2D eigenvalue weighted by molar-refractivity contribution is 6.09. The lowest BCUT2D eigenvalue weighted by molar-refractivity contribution is 0.0982. The molecule has 2 aromatic carbocycles. The lowest BCUT2D eigenvalue weighted by atomic mass is 9.92. The molecule has 0 spiro atoms. The molecule has 2 aromatic heterocycles. The van der Waals surface area contributed by atoms with E-state index in [0.717, 1.165) is 22.2 Å². The number of ketones is 1. The number of H-pyrrole nitrogens is 1. The highest BCUT2D eigenvalue weighted by Gasteiger charge is 2.20. The van der Waals surface area contributed by atoms with Gasteiger partial charge < -0.3 is 4.98 Å². The van der Waals surface area contributed by atoms with Gasteiger partial charge in [0, 0.05) is 34.8 Å². The number of aromatic nitrogens is 2. The topological polar surface area (TPSA) is 62.8 Å². The average Bonchev–Trinajstić information content (AvgIpc) is 2.72. The number of hydrogen-bond acceptors (Lipinski definition) is 3. The van der Waals surface area contributed by atoms with Gasteiger partial charge in [0.15, 0.2) is 5.78 Å². The van der Waals surface area contributed by atoms with Gasteiger partial charge in [-0.3, -0.25) is 14.6 Å². The van der Waals surface area contributed by atoms with Gasteiger partial charge in [-0.15, -0.1) is 0 Å². The lowest BCUT2D eigenvalue weighted by Gasteiger charge is -2.12. The fraction of sp³-hybridized carbons (Fsp3) is 0.0870. The van der Waals surface area contributed by atoms with Crippen LogP contribution >= 0.6 is 0 Å². The number of aryl methyl sites for hydroxylation is 1. The van der Waals surface area contributed by atoms with E-state index in [4.69, 9.17) is 0 Å². The molecular formula is C23H18N2O2. The molecule has 27 heavy (non-hydrogen) atoms. The molecule has 0 saturated heterocycles. The summed E-state index contributed by atoms with van der Waals surface area (Å²) < 4.78 is 0. The van der Waals surface area contributed by atoms with Crippen LogP contribution in [0.25, 0.3) is 22.0 Å². The number of aromatic amines is 1. The summed E-state index contributed by atoms with van der Waals surface area (Å²) in [5, 5.41) is 0.865. The number of Topliss-reactive ketones (excluding diaryl/α,β-unsaturated/α-hetero) is 1. The van der Waals surface area contributed by atoms with E-state index in [-0.39, 0.29) is 23.3 Å². The molecule has 0 saturated carbocycles. The number of nitrogens with one attached hydrogen (secondary N) is 1. The Labute approximate surface area is 156 Å². The average molecular weight is 354 g/mol. The Hall–Kier alpha value is -3.53. The zero-order chi connectivity index (χ0) is 18.6. The lowest BCUT2D eigenvalue weighted by Crippen LogP contribution is -2.20. The van der Waals surface area contributed by atoms with Crippen LogP contribution in [0.4, 0.5) is 0 Å². The maximum Gasteiger partial charge on any atom is 0.259 e. The molecular weight excluding hydrogens is 336 g/mol. The Kier molecular flexibility index (Phi) is 4.62. The third-order valence-corrected chi connectivity index (χ3v) is 4.60. The fourth-order valence-electron chi connectivity index (χ4n) is 3.33. The maximum absolute atomic E-state index is 13.0. The van der Waals surface area contributed by atoms with Crippen molar-refractivity contribution in [3.05, 3.63) is 101 Å². The second-order valence-electron chi connectivity index (χ2n) is 6.36.